The molecule has 1 amide bonds. The number of ether oxygens (including phenoxy) is 3. The van der Waals surface area contributed by atoms with Gasteiger partial charge in [0.1, 0.15) is 11.3 Å². The van der Waals surface area contributed by atoms with E-state index in [4.69, 9.17) is 25.8 Å². The molecule has 2 aromatic carbocycles. The van der Waals surface area contributed by atoms with Gasteiger partial charge >= 0.3 is 5.97 Å². The van der Waals surface area contributed by atoms with E-state index in [2.05, 4.69) is 5.32 Å². The number of esters is 1. The predicted octanol–water partition coefficient (Wildman–Crippen LogP) is 2.92. The van der Waals surface area contributed by atoms with Crippen LogP contribution in [0, 0.1) is 0 Å². The molecular formula is C19H20ClNO6. The van der Waals surface area contributed by atoms with Crippen molar-refractivity contribution in [2.24, 2.45) is 0 Å². The number of hydrogen-bond donors (Lipinski definition) is 2. The average molecular weight is 394 g/mol. The SMILES string of the molecule is COc1ccc(CNC(=O)C(C)OC(=O)c2cc(Cl)ccc2O)cc1OC. The van der Waals surface area contributed by atoms with Gasteiger partial charge in [-0.1, -0.05) is 17.7 Å². The van der Waals surface area contributed by atoms with E-state index in [1.807, 2.05) is 0 Å². The summed E-state index contributed by atoms with van der Waals surface area (Å²) >= 11 is 5.81. The van der Waals surface area contributed by atoms with Gasteiger partial charge in [-0.3, -0.25) is 4.79 Å². The minimum absolute atomic E-state index is 0.109. The molecule has 0 fully saturated rings. The largest absolute Gasteiger partial charge is 0.507 e. The van der Waals surface area contributed by atoms with E-state index in [9.17, 15) is 14.7 Å². The number of hydrogen-bond acceptors (Lipinski definition) is 6. The number of rotatable bonds is 7. The summed E-state index contributed by atoms with van der Waals surface area (Å²) in [5, 5.41) is 12.7. The molecule has 1 atom stereocenters. The first-order valence-corrected chi connectivity index (χ1v) is 8.41. The summed E-state index contributed by atoms with van der Waals surface area (Å²) in [4.78, 5) is 24.3. The van der Waals surface area contributed by atoms with Crippen molar-refractivity contribution in [3.63, 3.8) is 0 Å². The van der Waals surface area contributed by atoms with Gasteiger partial charge in [-0.2, -0.15) is 0 Å². The van der Waals surface area contributed by atoms with Crippen molar-refractivity contribution in [2.75, 3.05) is 14.2 Å². The number of phenols is 1. The molecule has 2 aromatic rings. The zero-order valence-corrected chi connectivity index (χ0v) is 15.9. The fraction of sp³-hybridized carbons (Fsp3) is 0.263. The van der Waals surface area contributed by atoms with E-state index < -0.39 is 18.0 Å². The Balaban J connectivity index is 1.95. The van der Waals surface area contributed by atoms with Crippen LogP contribution < -0.4 is 14.8 Å². The molecule has 7 nitrogen and oxygen atoms in total. The third-order valence-electron chi connectivity index (χ3n) is 3.75. The normalized spacial score (nSPS) is 11.4. The Morgan fingerprint density at radius 3 is 2.48 bits per heavy atom. The first-order valence-electron chi connectivity index (χ1n) is 8.03. The molecule has 0 aromatic heterocycles. The molecule has 0 saturated heterocycles. The zero-order valence-electron chi connectivity index (χ0n) is 15.1. The molecule has 0 aliphatic rings. The van der Waals surface area contributed by atoms with Crippen LogP contribution in [-0.2, 0) is 16.1 Å². The molecule has 0 saturated carbocycles. The second-order valence-corrected chi connectivity index (χ2v) is 6.05. The van der Waals surface area contributed by atoms with E-state index in [-0.39, 0.29) is 22.9 Å². The lowest BCUT2D eigenvalue weighted by Gasteiger charge is -2.15. The van der Waals surface area contributed by atoms with Gasteiger partial charge in [0.15, 0.2) is 17.6 Å². The first-order chi connectivity index (χ1) is 12.8. The molecule has 2 N–H and O–H groups in total. The summed E-state index contributed by atoms with van der Waals surface area (Å²) in [6.45, 7) is 1.65. The number of phenolic OH excluding ortho intramolecular Hbond substituents is 1. The van der Waals surface area contributed by atoms with Crippen LogP contribution in [-0.4, -0.2) is 37.3 Å². The number of halogens is 1. The Morgan fingerprint density at radius 1 is 1.11 bits per heavy atom. The molecule has 0 aliphatic carbocycles. The predicted molar refractivity (Wildman–Crippen MR) is 99.4 cm³/mol. The number of carbonyl (C=O) groups excluding carboxylic acids is 2. The lowest BCUT2D eigenvalue weighted by Crippen LogP contribution is -2.35. The van der Waals surface area contributed by atoms with E-state index in [1.54, 1.807) is 18.2 Å². The maximum Gasteiger partial charge on any atom is 0.342 e. The quantitative estimate of drug-likeness (QED) is 0.702. The van der Waals surface area contributed by atoms with Crippen LogP contribution in [0.15, 0.2) is 36.4 Å². The summed E-state index contributed by atoms with van der Waals surface area (Å²) in [5.74, 6) is -0.484. The Morgan fingerprint density at radius 2 is 1.81 bits per heavy atom. The highest BCUT2D eigenvalue weighted by Gasteiger charge is 2.21. The van der Waals surface area contributed by atoms with Gasteiger partial charge < -0.3 is 24.6 Å². The molecule has 0 spiro atoms. The number of nitrogens with one attached hydrogen (secondary N) is 1. The number of methoxy groups -OCH3 is 2. The Labute approximate surface area is 161 Å². The van der Waals surface area contributed by atoms with E-state index in [0.717, 1.165) is 5.56 Å². The second kappa shape index (κ2) is 9.14. The molecule has 1 unspecified atom stereocenters. The van der Waals surface area contributed by atoms with E-state index >= 15 is 0 Å². The van der Waals surface area contributed by atoms with Crippen molar-refractivity contribution in [1.82, 2.24) is 5.32 Å². The van der Waals surface area contributed by atoms with E-state index in [1.165, 1.54) is 39.3 Å². The lowest BCUT2D eigenvalue weighted by atomic mass is 10.2. The highest BCUT2D eigenvalue weighted by molar-refractivity contribution is 6.31. The van der Waals surface area contributed by atoms with Crippen LogP contribution in [0.5, 0.6) is 17.2 Å². The van der Waals surface area contributed by atoms with Gasteiger partial charge in [0.05, 0.1) is 14.2 Å². The number of aromatic hydroxyl groups is 1. The number of carbonyl (C=O) groups is 2. The highest BCUT2D eigenvalue weighted by Crippen LogP contribution is 2.27. The maximum atomic E-state index is 12.2. The minimum Gasteiger partial charge on any atom is -0.507 e. The second-order valence-electron chi connectivity index (χ2n) is 5.62. The third kappa shape index (κ3) is 5.27. The highest BCUT2D eigenvalue weighted by atomic mass is 35.5. The Kier molecular flexibility index (Phi) is 6.90. The van der Waals surface area contributed by atoms with Gasteiger partial charge in [0.25, 0.3) is 5.91 Å². The molecule has 0 bridgehead atoms. The van der Waals surface area contributed by atoms with Gasteiger partial charge in [0.2, 0.25) is 0 Å². The van der Waals surface area contributed by atoms with Crippen molar-refractivity contribution in [1.29, 1.82) is 0 Å². The van der Waals surface area contributed by atoms with Crippen LogP contribution in [0.25, 0.3) is 0 Å². The van der Waals surface area contributed by atoms with Gasteiger partial charge in [-0.15, -0.1) is 0 Å². The van der Waals surface area contributed by atoms with Crippen LogP contribution >= 0.6 is 11.6 Å². The summed E-state index contributed by atoms with van der Waals surface area (Å²) < 4.78 is 15.5. The van der Waals surface area contributed by atoms with Gasteiger partial charge in [-0.05, 0) is 42.8 Å². The zero-order chi connectivity index (χ0) is 20.0. The van der Waals surface area contributed by atoms with Crippen molar-refractivity contribution < 1.29 is 28.9 Å². The summed E-state index contributed by atoms with van der Waals surface area (Å²) in [7, 11) is 3.06. The lowest BCUT2D eigenvalue weighted by molar-refractivity contribution is -0.129. The van der Waals surface area contributed by atoms with Crippen molar-refractivity contribution in [3.8, 4) is 17.2 Å². The number of benzene rings is 2. The third-order valence-corrected chi connectivity index (χ3v) is 3.98. The monoisotopic (exact) mass is 393 g/mol. The van der Waals surface area contributed by atoms with Gasteiger partial charge in [0, 0.05) is 11.6 Å². The van der Waals surface area contributed by atoms with Gasteiger partial charge in [-0.25, -0.2) is 4.79 Å². The molecular weight excluding hydrogens is 374 g/mol. The van der Waals surface area contributed by atoms with Crippen molar-refractivity contribution >= 4 is 23.5 Å². The minimum atomic E-state index is -1.06. The molecule has 0 radical (unpaired) electrons. The smallest absolute Gasteiger partial charge is 0.342 e. The molecule has 8 heteroatoms. The topological polar surface area (TPSA) is 94.1 Å². The molecule has 144 valence electrons. The molecule has 0 heterocycles. The van der Waals surface area contributed by atoms with Crippen molar-refractivity contribution in [2.45, 2.75) is 19.6 Å². The van der Waals surface area contributed by atoms with Crippen LogP contribution in [0.2, 0.25) is 5.02 Å². The van der Waals surface area contributed by atoms with Crippen LogP contribution in [0.4, 0.5) is 0 Å². The first kappa shape index (κ1) is 20.4. The van der Waals surface area contributed by atoms with Crippen LogP contribution in [0.3, 0.4) is 0 Å². The summed E-state index contributed by atoms with van der Waals surface area (Å²) in [6.07, 6.45) is -1.06. The summed E-state index contributed by atoms with van der Waals surface area (Å²) in [5.41, 5.74) is 0.675. The van der Waals surface area contributed by atoms with Crippen molar-refractivity contribution in [3.05, 3.63) is 52.5 Å². The Bertz CT molecular complexity index is 839. The molecule has 27 heavy (non-hydrogen) atoms. The van der Waals surface area contributed by atoms with E-state index in [0.29, 0.717) is 11.5 Å². The standard InChI is InChI=1S/C19H20ClNO6/c1-11(27-19(24)14-9-13(20)5-6-15(14)22)18(23)21-10-12-4-7-16(25-2)17(8-12)26-3/h4-9,11,22H,10H2,1-3H3,(H,21,23). The molecule has 2 rings (SSSR count). The fourth-order valence-electron chi connectivity index (χ4n) is 2.27. The van der Waals surface area contributed by atoms with Crippen LogP contribution in [0.1, 0.15) is 22.8 Å². The molecule has 0 aliphatic heterocycles. The fourth-order valence-corrected chi connectivity index (χ4v) is 2.44. The maximum absolute atomic E-state index is 12.2. The summed E-state index contributed by atoms with van der Waals surface area (Å²) in [6, 6.07) is 9.23. The number of amides is 1. The Hall–Kier alpha value is -2.93. The average Bonchev–Trinajstić information content (AvgIpc) is 2.67.